The maximum Gasteiger partial charge on any atom is 0.265 e. The third-order valence-electron chi connectivity index (χ3n) is 5.25. The van der Waals surface area contributed by atoms with Crippen molar-refractivity contribution in [2.45, 2.75) is 18.1 Å². The van der Waals surface area contributed by atoms with Crippen molar-refractivity contribution in [2.75, 3.05) is 22.6 Å². The second-order valence-electron chi connectivity index (χ2n) is 7.42. The van der Waals surface area contributed by atoms with Gasteiger partial charge in [0, 0.05) is 7.05 Å². The fourth-order valence-electron chi connectivity index (χ4n) is 3.69. The number of nitrogens with zero attached hydrogens (tertiary/aromatic N) is 5. The van der Waals surface area contributed by atoms with E-state index in [0.29, 0.717) is 27.5 Å². The lowest BCUT2D eigenvalue weighted by molar-refractivity contribution is -0.121. The number of para-hydroxylation sites is 3. The highest BCUT2D eigenvalue weighted by Gasteiger charge is 2.32. The highest BCUT2D eigenvalue weighted by Crippen LogP contribution is 2.37. The van der Waals surface area contributed by atoms with Gasteiger partial charge in [0.1, 0.15) is 5.75 Å². The van der Waals surface area contributed by atoms with Crippen LogP contribution in [0, 0.1) is 0 Å². The molecule has 0 saturated carbocycles. The van der Waals surface area contributed by atoms with E-state index >= 15 is 0 Å². The summed E-state index contributed by atoms with van der Waals surface area (Å²) in [4.78, 5) is 31.2. The second-order valence-corrected chi connectivity index (χ2v) is 9.39. The maximum absolute atomic E-state index is 12.6. The number of anilines is 2. The number of thioether (sulfide) groups is 1. The molecule has 5 rings (SSSR count). The number of amides is 2. The predicted molar refractivity (Wildman–Crippen MR) is 128 cm³/mol. The summed E-state index contributed by atoms with van der Waals surface area (Å²) < 4.78 is 8.36. The van der Waals surface area contributed by atoms with Crippen LogP contribution in [0.5, 0.6) is 5.75 Å². The van der Waals surface area contributed by atoms with Gasteiger partial charge in [-0.1, -0.05) is 47.4 Å². The van der Waals surface area contributed by atoms with Crippen LogP contribution >= 0.6 is 23.1 Å². The topological polar surface area (TPSA) is 102 Å². The Balaban J connectivity index is 1.27. The second kappa shape index (κ2) is 8.83. The number of nitrogens with one attached hydrogen (secondary N) is 1. The van der Waals surface area contributed by atoms with E-state index in [1.807, 2.05) is 67.1 Å². The average molecular weight is 481 g/mol. The van der Waals surface area contributed by atoms with Gasteiger partial charge in [0.05, 0.1) is 27.7 Å². The first-order valence-electron chi connectivity index (χ1n) is 10.2. The molecule has 2 aromatic carbocycles. The van der Waals surface area contributed by atoms with Gasteiger partial charge in [-0.15, -0.1) is 10.2 Å². The molecule has 0 saturated heterocycles. The number of fused-ring (bicyclic) bond motifs is 2. The average Bonchev–Trinajstić information content (AvgIpc) is 3.39. The van der Waals surface area contributed by atoms with Crippen LogP contribution in [-0.2, 0) is 16.6 Å². The minimum atomic E-state index is -0.356. The van der Waals surface area contributed by atoms with Gasteiger partial charge in [0.2, 0.25) is 5.91 Å². The van der Waals surface area contributed by atoms with Crippen LogP contribution in [0.15, 0.2) is 53.7 Å². The Labute approximate surface area is 197 Å². The van der Waals surface area contributed by atoms with E-state index < -0.39 is 0 Å². The molecule has 1 atom stereocenters. The molecular weight excluding hydrogens is 460 g/mol. The molecule has 1 aliphatic rings. The van der Waals surface area contributed by atoms with E-state index in [2.05, 4.69) is 20.5 Å². The van der Waals surface area contributed by atoms with E-state index in [0.717, 1.165) is 10.2 Å². The zero-order valence-electron chi connectivity index (χ0n) is 17.9. The Morgan fingerprint density at radius 2 is 2.00 bits per heavy atom. The molecular formula is C22H20N6O3S2. The van der Waals surface area contributed by atoms with Crippen molar-refractivity contribution in [1.29, 1.82) is 0 Å². The molecule has 3 heterocycles. The van der Waals surface area contributed by atoms with Crippen LogP contribution in [0.2, 0.25) is 0 Å². The lowest BCUT2D eigenvalue weighted by atomic mass is 10.1. The van der Waals surface area contributed by atoms with Gasteiger partial charge >= 0.3 is 0 Å². The Kier molecular flexibility index (Phi) is 5.73. The first-order valence-corrected chi connectivity index (χ1v) is 12.0. The number of benzene rings is 2. The minimum absolute atomic E-state index is 0.0211. The molecule has 11 heteroatoms. The number of carbonyl (C=O) groups excluding carboxylic acids is 2. The van der Waals surface area contributed by atoms with Crippen molar-refractivity contribution in [1.82, 2.24) is 19.7 Å². The largest absolute Gasteiger partial charge is 0.482 e. The number of carbonyl (C=O) groups is 2. The number of hydrogen-bond donors (Lipinski definition) is 1. The smallest absolute Gasteiger partial charge is 0.265 e. The van der Waals surface area contributed by atoms with Crippen molar-refractivity contribution >= 4 is 55.9 Å². The zero-order chi connectivity index (χ0) is 22.9. The third kappa shape index (κ3) is 4.16. The molecule has 0 bridgehead atoms. The Morgan fingerprint density at radius 1 is 1.21 bits per heavy atom. The van der Waals surface area contributed by atoms with Crippen LogP contribution in [-0.4, -0.2) is 43.9 Å². The van der Waals surface area contributed by atoms with E-state index in [-0.39, 0.29) is 30.2 Å². The van der Waals surface area contributed by atoms with E-state index in [9.17, 15) is 9.59 Å². The van der Waals surface area contributed by atoms with Crippen molar-refractivity contribution in [2.24, 2.45) is 7.05 Å². The molecule has 4 aromatic rings. The van der Waals surface area contributed by atoms with E-state index in [1.165, 1.54) is 23.1 Å². The van der Waals surface area contributed by atoms with Gasteiger partial charge in [-0.3, -0.25) is 14.5 Å². The van der Waals surface area contributed by atoms with Gasteiger partial charge in [-0.2, -0.15) is 0 Å². The maximum atomic E-state index is 12.6. The molecule has 1 unspecified atom stereocenters. The third-order valence-corrected chi connectivity index (χ3v) is 7.22. The zero-order valence-corrected chi connectivity index (χ0v) is 19.5. The molecule has 168 valence electrons. The molecule has 2 amide bonds. The monoisotopic (exact) mass is 480 g/mol. The van der Waals surface area contributed by atoms with Crippen molar-refractivity contribution in [3.8, 4) is 5.75 Å². The molecule has 0 radical (unpaired) electrons. The first-order chi connectivity index (χ1) is 16.0. The number of thiazole rings is 1. The Bertz CT molecular complexity index is 1320. The molecule has 0 aliphatic carbocycles. The van der Waals surface area contributed by atoms with Crippen molar-refractivity contribution < 1.29 is 14.3 Å². The summed E-state index contributed by atoms with van der Waals surface area (Å²) >= 11 is 2.71. The van der Waals surface area contributed by atoms with Gasteiger partial charge in [0.15, 0.2) is 22.7 Å². The van der Waals surface area contributed by atoms with Gasteiger partial charge < -0.3 is 14.6 Å². The molecule has 1 aliphatic heterocycles. The van der Waals surface area contributed by atoms with Crippen LogP contribution in [0.25, 0.3) is 10.2 Å². The SMILES string of the molecule is CC(c1nnc(SCC(=O)Nc2nc3ccccc3s2)n1C)N1C(=O)COc2ccccc21. The molecule has 1 N–H and O–H groups in total. The normalized spacial score (nSPS) is 14.1. The van der Waals surface area contributed by atoms with Gasteiger partial charge in [-0.05, 0) is 31.2 Å². The van der Waals surface area contributed by atoms with Gasteiger partial charge in [0.25, 0.3) is 5.91 Å². The Hall–Kier alpha value is -3.44. The molecule has 0 fully saturated rings. The standard InChI is InChI=1S/C22H20N6O3S2/c1-13(28-15-8-4-5-9-16(15)31-11-19(28)30)20-25-26-22(27(20)2)32-12-18(29)24-21-23-14-7-3-6-10-17(14)33-21/h3-10,13H,11-12H2,1-2H3,(H,23,24,29). The predicted octanol–water partition coefficient (Wildman–Crippen LogP) is 3.64. The van der Waals surface area contributed by atoms with Crippen LogP contribution in [0.1, 0.15) is 18.8 Å². The summed E-state index contributed by atoms with van der Waals surface area (Å²) in [6.45, 7) is 1.88. The first kappa shape index (κ1) is 21.4. The number of aromatic nitrogens is 4. The number of ether oxygens (including phenoxy) is 1. The summed E-state index contributed by atoms with van der Waals surface area (Å²) in [5.41, 5.74) is 1.56. The van der Waals surface area contributed by atoms with Crippen LogP contribution in [0.4, 0.5) is 10.8 Å². The molecule has 33 heavy (non-hydrogen) atoms. The van der Waals surface area contributed by atoms with E-state index in [1.54, 1.807) is 4.90 Å². The summed E-state index contributed by atoms with van der Waals surface area (Å²) in [7, 11) is 1.83. The quantitative estimate of drug-likeness (QED) is 0.420. The van der Waals surface area contributed by atoms with Crippen LogP contribution < -0.4 is 15.0 Å². The number of rotatable bonds is 6. The highest BCUT2D eigenvalue weighted by atomic mass is 32.2. The lowest BCUT2D eigenvalue weighted by Gasteiger charge is -2.33. The lowest BCUT2D eigenvalue weighted by Crippen LogP contribution is -2.41. The van der Waals surface area contributed by atoms with Crippen LogP contribution in [0.3, 0.4) is 0 Å². The number of hydrogen-bond acceptors (Lipinski definition) is 8. The fourth-order valence-corrected chi connectivity index (χ4v) is 5.29. The summed E-state index contributed by atoms with van der Waals surface area (Å²) in [5.74, 6) is 1.12. The van der Waals surface area contributed by atoms with Gasteiger partial charge in [-0.25, -0.2) is 4.98 Å². The molecule has 9 nitrogen and oxygen atoms in total. The van der Waals surface area contributed by atoms with E-state index in [4.69, 9.17) is 4.74 Å². The fraction of sp³-hybridized carbons (Fsp3) is 0.227. The summed E-state index contributed by atoms with van der Waals surface area (Å²) in [6.07, 6.45) is 0. The minimum Gasteiger partial charge on any atom is -0.482 e. The van der Waals surface area contributed by atoms with Crippen molar-refractivity contribution in [3.05, 3.63) is 54.4 Å². The highest BCUT2D eigenvalue weighted by molar-refractivity contribution is 7.99. The Morgan fingerprint density at radius 3 is 2.85 bits per heavy atom. The van der Waals surface area contributed by atoms with Crippen molar-refractivity contribution in [3.63, 3.8) is 0 Å². The molecule has 0 spiro atoms. The summed E-state index contributed by atoms with van der Waals surface area (Å²) in [6, 6.07) is 14.8. The molecule has 2 aromatic heterocycles. The summed E-state index contributed by atoms with van der Waals surface area (Å²) in [5, 5.41) is 12.5.